The zero-order valence-corrected chi connectivity index (χ0v) is 11.0. The fourth-order valence-electron chi connectivity index (χ4n) is 1.39. The molecule has 2 rings (SSSR count). The predicted octanol–water partition coefficient (Wildman–Crippen LogP) is 4.57. The molecule has 88 valence electrons. The first-order chi connectivity index (χ1) is 8.06. The van der Waals surface area contributed by atoms with E-state index in [1.165, 1.54) is 12.1 Å². The van der Waals surface area contributed by atoms with Gasteiger partial charge in [-0.15, -0.1) is 0 Å². The van der Waals surface area contributed by atoms with Gasteiger partial charge in [0.15, 0.2) is 0 Å². The summed E-state index contributed by atoms with van der Waals surface area (Å²) in [6, 6.07) is 9.98. The van der Waals surface area contributed by atoms with Crippen molar-refractivity contribution < 1.29 is 4.39 Å². The molecule has 0 bridgehead atoms. The van der Waals surface area contributed by atoms with Crippen LogP contribution in [0.1, 0.15) is 0 Å². The second kappa shape index (κ2) is 4.94. The fourth-order valence-corrected chi connectivity index (χ4v) is 1.94. The minimum atomic E-state index is -0.372. The second-order valence-electron chi connectivity index (χ2n) is 3.49. The van der Waals surface area contributed by atoms with E-state index in [1.54, 1.807) is 18.2 Å². The van der Waals surface area contributed by atoms with Crippen molar-refractivity contribution in [1.29, 1.82) is 0 Å². The van der Waals surface area contributed by atoms with E-state index in [0.29, 0.717) is 20.9 Å². The third kappa shape index (κ3) is 2.90. The summed E-state index contributed by atoms with van der Waals surface area (Å²) in [5.74, 6) is -0.372. The van der Waals surface area contributed by atoms with E-state index >= 15 is 0 Å². The van der Waals surface area contributed by atoms with Crippen molar-refractivity contribution in [2.45, 2.75) is 0 Å². The Morgan fingerprint density at radius 3 is 2.71 bits per heavy atom. The van der Waals surface area contributed by atoms with Crippen molar-refractivity contribution in [3.63, 3.8) is 0 Å². The number of anilines is 3. The van der Waals surface area contributed by atoms with Crippen molar-refractivity contribution in [3.8, 4) is 0 Å². The lowest BCUT2D eigenvalue weighted by atomic mass is 10.2. The number of rotatable bonds is 2. The first kappa shape index (κ1) is 12.2. The maximum atomic E-state index is 13.4. The molecule has 5 heteroatoms. The molecular weight excluding hydrogens is 307 g/mol. The molecule has 0 atom stereocenters. The van der Waals surface area contributed by atoms with Gasteiger partial charge >= 0.3 is 0 Å². The van der Waals surface area contributed by atoms with Gasteiger partial charge in [-0.25, -0.2) is 4.39 Å². The number of hydrogen-bond donors (Lipinski definition) is 2. The molecule has 0 spiro atoms. The molecule has 0 aliphatic heterocycles. The van der Waals surface area contributed by atoms with E-state index in [4.69, 9.17) is 17.3 Å². The second-order valence-corrected chi connectivity index (χ2v) is 4.78. The summed E-state index contributed by atoms with van der Waals surface area (Å²) >= 11 is 8.93. The van der Waals surface area contributed by atoms with E-state index in [-0.39, 0.29) is 5.82 Å². The zero-order chi connectivity index (χ0) is 12.4. The Balaban J connectivity index is 2.33. The van der Waals surface area contributed by atoms with Crippen molar-refractivity contribution >= 4 is 44.6 Å². The normalized spacial score (nSPS) is 10.3. The Morgan fingerprint density at radius 2 is 2.00 bits per heavy atom. The summed E-state index contributed by atoms with van der Waals surface area (Å²) in [6.45, 7) is 0. The largest absolute Gasteiger partial charge is 0.397 e. The van der Waals surface area contributed by atoms with Crippen molar-refractivity contribution in [2.24, 2.45) is 0 Å². The van der Waals surface area contributed by atoms with Gasteiger partial charge in [-0.2, -0.15) is 0 Å². The molecule has 0 saturated carbocycles. The Morgan fingerprint density at radius 1 is 1.24 bits per heavy atom. The van der Waals surface area contributed by atoms with E-state index in [0.717, 1.165) is 5.69 Å². The summed E-state index contributed by atoms with van der Waals surface area (Å²) in [4.78, 5) is 0. The molecule has 0 amide bonds. The smallest absolute Gasteiger partial charge is 0.139 e. The van der Waals surface area contributed by atoms with E-state index < -0.39 is 0 Å². The molecular formula is C12H9BrClFN2. The maximum absolute atomic E-state index is 13.4. The standard InChI is InChI=1S/C12H9BrClFN2/c13-9-5-11(16)12(6-10(9)15)17-8-3-1-2-7(14)4-8/h1-6,17H,16H2. The highest BCUT2D eigenvalue weighted by atomic mass is 79.9. The van der Waals surface area contributed by atoms with Crippen LogP contribution in [-0.2, 0) is 0 Å². The molecule has 0 aromatic heterocycles. The zero-order valence-electron chi connectivity index (χ0n) is 8.68. The van der Waals surface area contributed by atoms with Crippen molar-refractivity contribution in [2.75, 3.05) is 11.1 Å². The number of halogens is 3. The first-order valence-corrected chi connectivity index (χ1v) is 6.00. The summed E-state index contributed by atoms with van der Waals surface area (Å²) in [6.07, 6.45) is 0. The molecule has 0 heterocycles. The first-order valence-electron chi connectivity index (χ1n) is 4.83. The number of nitrogens with two attached hydrogens (primary N) is 1. The SMILES string of the molecule is Nc1cc(Br)c(F)cc1Nc1cccc(Cl)c1. The van der Waals surface area contributed by atoms with Crippen LogP contribution in [0.4, 0.5) is 21.5 Å². The summed E-state index contributed by atoms with van der Waals surface area (Å²) in [5, 5.41) is 3.61. The van der Waals surface area contributed by atoms with E-state index in [1.807, 2.05) is 6.07 Å². The van der Waals surface area contributed by atoms with E-state index in [9.17, 15) is 4.39 Å². The topological polar surface area (TPSA) is 38.0 Å². The summed E-state index contributed by atoms with van der Waals surface area (Å²) < 4.78 is 13.7. The van der Waals surface area contributed by atoms with Crippen LogP contribution in [0.25, 0.3) is 0 Å². The van der Waals surface area contributed by atoms with Crippen molar-refractivity contribution in [3.05, 3.63) is 51.7 Å². The Bertz CT molecular complexity index is 560. The molecule has 0 radical (unpaired) electrons. The van der Waals surface area contributed by atoms with Crippen LogP contribution in [0.5, 0.6) is 0 Å². The van der Waals surface area contributed by atoms with Gasteiger partial charge in [0, 0.05) is 16.8 Å². The van der Waals surface area contributed by atoms with Gasteiger partial charge in [-0.3, -0.25) is 0 Å². The molecule has 0 unspecified atom stereocenters. The Labute approximate surface area is 112 Å². The van der Waals surface area contributed by atoms with Gasteiger partial charge in [0.2, 0.25) is 0 Å². The molecule has 2 nitrogen and oxygen atoms in total. The van der Waals surface area contributed by atoms with Crippen LogP contribution < -0.4 is 11.1 Å². The molecule has 0 fully saturated rings. The predicted molar refractivity (Wildman–Crippen MR) is 73.2 cm³/mol. The lowest BCUT2D eigenvalue weighted by molar-refractivity contribution is 0.622. The van der Waals surface area contributed by atoms with Gasteiger partial charge in [0.25, 0.3) is 0 Å². The number of nitrogens with one attached hydrogen (secondary N) is 1. The lowest BCUT2D eigenvalue weighted by Crippen LogP contribution is -1.97. The van der Waals surface area contributed by atoms with Crippen LogP contribution in [0, 0.1) is 5.82 Å². The van der Waals surface area contributed by atoms with Crippen LogP contribution >= 0.6 is 27.5 Å². The third-order valence-electron chi connectivity index (χ3n) is 2.20. The van der Waals surface area contributed by atoms with Crippen molar-refractivity contribution in [1.82, 2.24) is 0 Å². The van der Waals surface area contributed by atoms with E-state index in [2.05, 4.69) is 21.2 Å². The average Bonchev–Trinajstić information content (AvgIpc) is 2.26. The van der Waals surface area contributed by atoms with Gasteiger partial charge in [0.1, 0.15) is 5.82 Å². The van der Waals surface area contributed by atoms with Crippen LogP contribution in [-0.4, -0.2) is 0 Å². The summed E-state index contributed by atoms with van der Waals surface area (Å²) in [5.41, 5.74) is 7.50. The highest BCUT2D eigenvalue weighted by Gasteiger charge is 2.06. The van der Waals surface area contributed by atoms with Crippen LogP contribution in [0.3, 0.4) is 0 Å². The number of hydrogen-bond acceptors (Lipinski definition) is 2. The third-order valence-corrected chi connectivity index (χ3v) is 3.04. The summed E-state index contributed by atoms with van der Waals surface area (Å²) in [7, 11) is 0. The van der Waals surface area contributed by atoms with Gasteiger partial charge in [-0.1, -0.05) is 17.7 Å². The highest BCUT2D eigenvalue weighted by Crippen LogP contribution is 2.29. The minimum absolute atomic E-state index is 0.339. The minimum Gasteiger partial charge on any atom is -0.397 e. The maximum Gasteiger partial charge on any atom is 0.139 e. The number of nitrogen functional groups attached to an aromatic ring is 1. The quantitative estimate of drug-likeness (QED) is 0.797. The number of benzene rings is 2. The Hall–Kier alpha value is -1.26. The van der Waals surface area contributed by atoms with Crippen LogP contribution in [0.15, 0.2) is 40.9 Å². The average molecular weight is 316 g/mol. The molecule has 2 aromatic rings. The molecule has 0 aliphatic carbocycles. The molecule has 2 aromatic carbocycles. The molecule has 3 N–H and O–H groups in total. The molecule has 0 aliphatic rings. The highest BCUT2D eigenvalue weighted by molar-refractivity contribution is 9.10. The van der Waals surface area contributed by atoms with Gasteiger partial charge < -0.3 is 11.1 Å². The fraction of sp³-hybridized carbons (Fsp3) is 0. The van der Waals surface area contributed by atoms with Crippen LogP contribution in [0.2, 0.25) is 5.02 Å². The molecule has 17 heavy (non-hydrogen) atoms. The monoisotopic (exact) mass is 314 g/mol. The Kier molecular flexibility index (Phi) is 3.54. The van der Waals surface area contributed by atoms with Gasteiger partial charge in [-0.05, 0) is 40.2 Å². The van der Waals surface area contributed by atoms with Gasteiger partial charge in [0.05, 0.1) is 15.8 Å². The lowest BCUT2D eigenvalue weighted by Gasteiger charge is -2.10. The molecule has 0 saturated heterocycles.